The Balaban J connectivity index is 1.80. The molecule has 1 fully saturated rings. The van der Waals surface area contributed by atoms with Gasteiger partial charge in [-0.25, -0.2) is 0 Å². The van der Waals surface area contributed by atoms with E-state index in [1.807, 2.05) is 30.3 Å². The van der Waals surface area contributed by atoms with Crippen LogP contribution >= 0.6 is 0 Å². The van der Waals surface area contributed by atoms with Crippen molar-refractivity contribution >= 4 is 5.91 Å². The Hall–Kier alpha value is -2.07. The van der Waals surface area contributed by atoms with E-state index in [0.29, 0.717) is 18.8 Å². The van der Waals surface area contributed by atoms with Gasteiger partial charge in [0.15, 0.2) is 5.76 Å². The third kappa shape index (κ3) is 3.39. The molecule has 4 nitrogen and oxygen atoms in total. The van der Waals surface area contributed by atoms with Crippen LogP contribution in [0.15, 0.2) is 53.1 Å². The lowest BCUT2D eigenvalue weighted by Crippen LogP contribution is -2.43. The number of carbonyl (C=O) groups excluding carboxylic acids is 1. The Morgan fingerprint density at radius 2 is 1.86 bits per heavy atom. The molecule has 0 atom stereocenters. The highest BCUT2D eigenvalue weighted by Gasteiger charge is 2.35. The van der Waals surface area contributed by atoms with Crippen molar-refractivity contribution in [3.63, 3.8) is 0 Å². The third-order valence-corrected chi connectivity index (χ3v) is 4.25. The Kier molecular flexibility index (Phi) is 4.29. The SMILES string of the molecule is O=C(c1ccco1)N(Cc1ccccc1)CC1(O)CCCC1. The van der Waals surface area contributed by atoms with E-state index < -0.39 is 5.60 Å². The first kappa shape index (κ1) is 14.9. The molecule has 4 heteroatoms. The maximum atomic E-state index is 12.7. The zero-order valence-electron chi connectivity index (χ0n) is 12.6. The fourth-order valence-corrected chi connectivity index (χ4v) is 3.11. The summed E-state index contributed by atoms with van der Waals surface area (Å²) in [7, 11) is 0. The van der Waals surface area contributed by atoms with Crippen molar-refractivity contribution in [3.05, 3.63) is 60.1 Å². The van der Waals surface area contributed by atoms with Crippen LogP contribution in [0.4, 0.5) is 0 Å². The predicted octanol–water partition coefficient (Wildman–Crippen LogP) is 3.23. The molecule has 1 aromatic heterocycles. The molecular weight excluding hydrogens is 278 g/mol. The third-order valence-electron chi connectivity index (χ3n) is 4.25. The average molecular weight is 299 g/mol. The number of hydrogen-bond acceptors (Lipinski definition) is 3. The van der Waals surface area contributed by atoms with Crippen LogP contribution in [0.3, 0.4) is 0 Å². The zero-order valence-corrected chi connectivity index (χ0v) is 12.6. The average Bonchev–Trinajstić information content (AvgIpc) is 3.19. The molecule has 1 amide bonds. The summed E-state index contributed by atoms with van der Waals surface area (Å²) < 4.78 is 5.24. The lowest BCUT2D eigenvalue weighted by atomic mass is 10.0. The van der Waals surface area contributed by atoms with Crippen molar-refractivity contribution in [2.75, 3.05) is 6.54 Å². The molecule has 0 unspecified atom stereocenters. The van der Waals surface area contributed by atoms with Crippen LogP contribution in [-0.2, 0) is 6.54 Å². The zero-order chi connectivity index (χ0) is 15.4. The molecule has 1 aromatic carbocycles. The Morgan fingerprint density at radius 1 is 1.14 bits per heavy atom. The number of benzene rings is 1. The first-order chi connectivity index (χ1) is 10.7. The minimum Gasteiger partial charge on any atom is -0.459 e. The van der Waals surface area contributed by atoms with Crippen LogP contribution in [0.2, 0.25) is 0 Å². The minimum absolute atomic E-state index is 0.172. The summed E-state index contributed by atoms with van der Waals surface area (Å²) in [5.74, 6) is 0.145. The molecule has 0 saturated heterocycles. The van der Waals surface area contributed by atoms with Gasteiger partial charge < -0.3 is 14.4 Å². The summed E-state index contributed by atoms with van der Waals surface area (Å²) >= 11 is 0. The fraction of sp³-hybridized carbons (Fsp3) is 0.389. The molecule has 0 aliphatic heterocycles. The molecule has 116 valence electrons. The van der Waals surface area contributed by atoms with Gasteiger partial charge in [-0.3, -0.25) is 4.79 Å². The first-order valence-electron chi connectivity index (χ1n) is 7.75. The second-order valence-corrected chi connectivity index (χ2v) is 6.06. The van der Waals surface area contributed by atoms with E-state index in [-0.39, 0.29) is 5.91 Å². The van der Waals surface area contributed by atoms with Gasteiger partial charge in [-0.15, -0.1) is 0 Å². The molecule has 0 spiro atoms. The van der Waals surface area contributed by atoms with Gasteiger partial charge in [0.2, 0.25) is 0 Å². The topological polar surface area (TPSA) is 53.7 Å². The van der Waals surface area contributed by atoms with Gasteiger partial charge in [0.05, 0.1) is 18.4 Å². The first-order valence-corrected chi connectivity index (χ1v) is 7.75. The molecule has 1 aliphatic carbocycles. The number of carbonyl (C=O) groups is 1. The molecular formula is C18H21NO3. The smallest absolute Gasteiger partial charge is 0.289 e. The summed E-state index contributed by atoms with van der Waals surface area (Å²) in [5, 5.41) is 10.7. The van der Waals surface area contributed by atoms with Crippen LogP contribution in [0, 0.1) is 0 Å². The lowest BCUT2D eigenvalue weighted by Gasteiger charge is -2.31. The van der Waals surface area contributed by atoms with Crippen LogP contribution < -0.4 is 0 Å². The highest BCUT2D eigenvalue weighted by Crippen LogP contribution is 2.31. The highest BCUT2D eigenvalue weighted by molar-refractivity contribution is 5.91. The quantitative estimate of drug-likeness (QED) is 0.922. The fourth-order valence-electron chi connectivity index (χ4n) is 3.11. The van der Waals surface area contributed by atoms with Gasteiger partial charge in [0.1, 0.15) is 0 Å². The molecule has 1 saturated carbocycles. The normalized spacial score (nSPS) is 16.6. The van der Waals surface area contributed by atoms with Crippen LogP contribution in [0.25, 0.3) is 0 Å². The van der Waals surface area contributed by atoms with Crippen LogP contribution in [-0.4, -0.2) is 28.1 Å². The van der Waals surface area contributed by atoms with Gasteiger partial charge in [-0.1, -0.05) is 43.2 Å². The second-order valence-electron chi connectivity index (χ2n) is 6.06. The molecule has 2 aromatic rings. The van der Waals surface area contributed by atoms with E-state index in [2.05, 4.69) is 0 Å². The van der Waals surface area contributed by atoms with E-state index in [1.54, 1.807) is 17.0 Å². The number of nitrogens with zero attached hydrogens (tertiary/aromatic N) is 1. The maximum absolute atomic E-state index is 12.7. The van der Waals surface area contributed by atoms with Gasteiger partial charge in [-0.2, -0.15) is 0 Å². The molecule has 0 bridgehead atoms. The number of rotatable bonds is 5. The standard InChI is InChI=1S/C18H21NO3/c20-17(16-9-6-12-22-16)19(13-15-7-2-1-3-8-15)14-18(21)10-4-5-11-18/h1-3,6-9,12,21H,4-5,10-11,13-14H2. The molecule has 1 aliphatic rings. The second kappa shape index (κ2) is 6.36. The Morgan fingerprint density at radius 3 is 2.50 bits per heavy atom. The predicted molar refractivity (Wildman–Crippen MR) is 83.3 cm³/mol. The van der Waals surface area contributed by atoms with Crippen molar-refractivity contribution < 1.29 is 14.3 Å². The number of aliphatic hydroxyl groups is 1. The largest absolute Gasteiger partial charge is 0.459 e. The van der Waals surface area contributed by atoms with E-state index >= 15 is 0 Å². The molecule has 0 radical (unpaired) electrons. The van der Waals surface area contributed by atoms with Gasteiger partial charge in [0.25, 0.3) is 5.91 Å². The van der Waals surface area contributed by atoms with Gasteiger partial charge in [0, 0.05) is 6.54 Å². The maximum Gasteiger partial charge on any atom is 0.289 e. The number of furan rings is 1. The van der Waals surface area contributed by atoms with Crippen LogP contribution in [0.1, 0.15) is 41.8 Å². The monoisotopic (exact) mass is 299 g/mol. The number of amides is 1. The van der Waals surface area contributed by atoms with Gasteiger partial charge in [-0.05, 0) is 30.5 Å². The highest BCUT2D eigenvalue weighted by atomic mass is 16.3. The van der Waals surface area contributed by atoms with Crippen molar-refractivity contribution in [1.29, 1.82) is 0 Å². The van der Waals surface area contributed by atoms with E-state index in [9.17, 15) is 9.90 Å². The van der Waals surface area contributed by atoms with Gasteiger partial charge >= 0.3 is 0 Å². The molecule has 1 N–H and O–H groups in total. The molecule has 1 heterocycles. The lowest BCUT2D eigenvalue weighted by molar-refractivity contribution is 0.00676. The summed E-state index contributed by atoms with van der Waals surface area (Å²) in [4.78, 5) is 14.4. The van der Waals surface area contributed by atoms with E-state index in [1.165, 1.54) is 6.26 Å². The van der Waals surface area contributed by atoms with Crippen molar-refractivity contribution in [3.8, 4) is 0 Å². The van der Waals surface area contributed by atoms with E-state index in [4.69, 9.17) is 4.42 Å². The summed E-state index contributed by atoms with van der Waals surface area (Å²) in [6.45, 7) is 0.824. The Bertz CT molecular complexity index is 601. The molecule has 3 rings (SSSR count). The molecule has 22 heavy (non-hydrogen) atoms. The summed E-state index contributed by atoms with van der Waals surface area (Å²) in [5.41, 5.74) is 0.279. The summed E-state index contributed by atoms with van der Waals surface area (Å²) in [6, 6.07) is 13.2. The van der Waals surface area contributed by atoms with Crippen molar-refractivity contribution in [2.45, 2.75) is 37.8 Å². The minimum atomic E-state index is -0.767. The van der Waals surface area contributed by atoms with E-state index in [0.717, 1.165) is 31.2 Å². The summed E-state index contributed by atoms with van der Waals surface area (Å²) in [6.07, 6.45) is 5.04. The van der Waals surface area contributed by atoms with Crippen molar-refractivity contribution in [2.24, 2.45) is 0 Å². The van der Waals surface area contributed by atoms with Crippen molar-refractivity contribution in [1.82, 2.24) is 4.90 Å². The van der Waals surface area contributed by atoms with Crippen LogP contribution in [0.5, 0.6) is 0 Å². The number of hydrogen-bond donors (Lipinski definition) is 1. The Labute approximate surface area is 130 Å².